The topological polar surface area (TPSA) is 73.1 Å². The Bertz CT molecular complexity index is 845. The Kier molecular flexibility index (Phi) is 4.97. The molecular weight excluding hydrogens is 316 g/mol. The third kappa shape index (κ3) is 4.15. The van der Waals surface area contributed by atoms with Crippen molar-refractivity contribution in [3.63, 3.8) is 0 Å². The lowest BCUT2D eigenvalue weighted by Crippen LogP contribution is -2.10. The van der Waals surface area contributed by atoms with Crippen LogP contribution in [0.5, 0.6) is 5.75 Å². The molecule has 6 nitrogen and oxygen atoms in total. The van der Waals surface area contributed by atoms with Gasteiger partial charge in [-0.2, -0.15) is 4.98 Å². The second kappa shape index (κ2) is 7.34. The summed E-state index contributed by atoms with van der Waals surface area (Å²) in [6.45, 7) is 7.90. The van der Waals surface area contributed by atoms with Crippen LogP contribution >= 0.6 is 0 Å². The third-order valence-corrected chi connectivity index (χ3v) is 3.65. The number of rotatable bonds is 6. The number of ether oxygens (including phenoxy) is 1. The van der Waals surface area contributed by atoms with E-state index in [1.807, 2.05) is 44.2 Å². The molecule has 0 aliphatic rings. The molecule has 3 rings (SSSR count). The number of benzene rings is 1. The Balaban J connectivity index is 1.83. The molecular formula is C19H22N4O2. The summed E-state index contributed by atoms with van der Waals surface area (Å²) >= 11 is 0. The predicted octanol–water partition coefficient (Wildman–Crippen LogP) is 4.40. The van der Waals surface area contributed by atoms with Gasteiger partial charge in [0.1, 0.15) is 11.6 Å². The maximum absolute atomic E-state index is 5.77. The van der Waals surface area contributed by atoms with Gasteiger partial charge in [-0.1, -0.05) is 17.3 Å². The molecule has 6 heteroatoms. The van der Waals surface area contributed by atoms with Gasteiger partial charge >= 0.3 is 0 Å². The van der Waals surface area contributed by atoms with E-state index in [1.165, 1.54) is 0 Å². The fraction of sp³-hybridized carbons (Fsp3) is 0.316. The van der Waals surface area contributed by atoms with Crippen molar-refractivity contribution < 1.29 is 9.26 Å². The van der Waals surface area contributed by atoms with E-state index in [-0.39, 0.29) is 12.1 Å². The molecule has 25 heavy (non-hydrogen) atoms. The summed E-state index contributed by atoms with van der Waals surface area (Å²) in [6.07, 6.45) is 1.88. The number of pyridine rings is 1. The number of anilines is 1. The smallest absolute Gasteiger partial charge is 0.261 e. The molecule has 0 bridgehead atoms. The fourth-order valence-electron chi connectivity index (χ4n) is 2.52. The number of hydrogen-bond donors (Lipinski definition) is 1. The van der Waals surface area contributed by atoms with Gasteiger partial charge in [0.25, 0.3) is 5.89 Å². The molecule has 0 spiro atoms. The van der Waals surface area contributed by atoms with Crippen molar-refractivity contribution in [2.45, 2.75) is 39.8 Å². The second-order valence-electron chi connectivity index (χ2n) is 6.15. The van der Waals surface area contributed by atoms with Gasteiger partial charge in [0.05, 0.1) is 17.7 Å². The molecule has 0 radical (unpaired) electrons. The normalized spacial score (nSPS) is 12.2. The molecule has 2 heterocycles. The number of hydrogen-bond acceptors (Lipinski definition) is 6. The minimum absolute atomic E-state index is 0.0355. The maximum atomic E-state index is 5.77. The van der Waals surface area contributed by atoms with Crippen LogP contribution < -0.4 is 10.1 Å². The summed E-state index contributed by atoms with van der Waals surface area (Å²) in [5.74, 6) is 2.61. The van der Waals surface area contributed by atoms with Crippen LogP contribution in [-0.4, -0.2) is 21.2 Å². The predicted molar refractivity (Wildman–Crippen MR) is 96.5 cm³/mol. The molecule has 2 aromatic heterocycles. The van der Waals surface area contributed by atoms with Crippen LogP contribution in [0.1, 0.15) is 38.2 Å². The molecule has 0 aliphatic heterocycles. The molecule has 1 N–H and O–H groups in total. The van der Waals surface area contributed by atoms with Gasteiger partial charge in [-0.25, -0.2) is 4.98 Å². The first kappa shape index (κ1) is 17.0. The van der Waals surface area contributed by atoms with Gasteiger partial charge in [-0.05, 0) is 57.5 Å². The lowest BCUT2D eigenvalue weighted by Gasteiger charge is -2.18. The SMILES string of the molecule is Cc1noc(-c2cccnc2NC(C)c2cccc(OC(C)C)c2)n1. The molecule has 0 aliphatic carbocycles. The summed E-state index contributed by atoms with van der Waals surface area (Å²) in [6, 6.07) is 11.8. The molecule has 0 saturated carbocycles. The lowest BCUT2D eigenvalue weighted by molar-refractivity contribution is 0.242. The first-order valence-corrected chi connectivity index (χ1v) is 8.32. The van der Waals surface area contributed by atoms with E-state index in [0.717, 1.165) is 16.9 Å². The Morgan fingerprint density at radius 2 is 1.96 bits per heavy atom. The van der Waals surface area contributed by atoms with Crippen molar-refractivity contribution in [3.05, 3.63) is 54.0 Å². The van der Waals surface area contributed by atoms with E-state index in [9.17, 15) is 0 Å². The third-order valence-electron chi connectivity index (χ3n) is 3.65. The van der Waals surface area contributed by atoms with Crippen LogP contribution in [0, 0.1) is 6.92 Å². The van der Waals surface area contributed by atoms with Gasteiger partial charge in [-0.3, -0.25) is 0 Å². The number of aromatic nitrogens is 3. The number of nitrogens with one attached hydrogen (secondary N) is 1. The van der Waals surface area contributed by atoms with Gasteiger partial charge in [0.15, 0.2) is 5.82 Å². The van der Waals surface area contributed by atoms with Crippen LogP contribution in [0.15, 0.2) is 47.1 Å². The average molecular weight is 338 g/mol. The Labute approximate surface area is 147 Å². The molecule has 0 saturated heterocycles. The highest BCUT2D eigenvalue weighted by atomic mass is 16.5. The summed E-state index contributed by atoms with van der Waals surface area (Å²) in [7, 11) is 0. The highest BCUT2D eigenvalue weighted by Crippen LogP contribution is 2.28. The van der Waals surface area contributed by atoms with Crippen molar-refractivity contribution in [1.82, 2.24) is 15.1 Å². The monoisotopic (exact) mass is 338 g/mol. The van der Waals surface area contributed by atoms with E-state index in [1.54, 1.807) is 13.1 Å². The molecule has 3 aromatic rings. The summed E-state index contributed by atoms with van der Waals surface area (Å²) in [5, 5.41) is 7.27. The minimum Gasteiger partial charge on any atom is -0.491 e. The molecule has 1 atom stereocenters. The van der Waals surface area contributed by atoms with E-state index in [4.69, 9.17) is 9.26 Å². The van der Waals surface area contributed by atoms with Crippen LogP contribution in [0.2, 0.25) is 0 Å². The van der Waals surface area contributed by atoms with Crippen LogP contribution in [0.4, 0.5) is 5.82 Å². The van der Waals surface area contributed by atoms with E-state index in [2.05, 4.69) is 33.4 Å². The van der Waals surface area contributed by atoms with Crippen LogP contribution in [0.3, 0.4) is 0 Å². The Morgan fingerprint density at radius 3 is 2.68 bits per heavy atom. The van der Waals surface area contributed by atoms with Crippen LogP contribution in [0.25, 0.3) is 11.5 Å². The van der Waals surface area contributed by atoms with E-state index < -0.39 is 0 Å². The first-order valence-electron chi connectivity index (χ1n) is 8.32. The Morgan fingerprint density at radius 1 is 1.12 bits per heavy atom. The quantitative estimate of drug-likeness (QED) is 0.718. The number of nitrogens with zero attached hydrogens (tertiary/aromatic N) is 3. The number of aryl methyl sites for hydroxylation is 1. The largest absolute Gasteiger partial charge is 0.491 e. The van der Waals surface area contributed by atoms with Crippen molar-refractivity contribution in [3.8, 4) is 17.2 Å². The van der Waals surface area contributed by atoms with Gasteiger partial charge < -0.3 is 14.6 Å². The van der Waals surface area contributed by atoms with Crippen molar-refractivity contribution in [2.24, 2.45) is 0 Å². The molecule has 1 unspecified atom stereocenters. The standard InChI is InChI=1S/C19H22N4O2/c1-12(2)24-16-8-5-7-15(11-16)13(3)21-18-17(9-6-10-20-18)19-22-14(4)23-25-19/h5-13H,1-4H3,(H,20,21). The molecule has 0 amide bonds. The molecule has 130 valence electrons. The van der Waals surface area contributed by atoms with E-state index in [0.29, 0.717) is 17.5 Å². The maximum Gasteiger partial charge on any atom is 0.261 e. The van der Waals surface area contributed by atoms with E-state index >= 15 is 0 Å². The zero-order chi connectivity index (χ0) is 17.8. The van der Waals surface area contributed by atoms with Crippen LogP contribution in [-0.2, 0) is 0 Å². The van der Waals surface area contributed by atoms with Crippen molar-refractivity contribution in [2.75, 3.05) is 5.32 Å². The summed E-state index contributed by atoms with van der Waals surface area (Å²) in [5.41, 5.74) is 1.89. The van der Waals surface area contributed by atoms with Gasteiger partial charge in [0, 0.05) is 6.20 Å². The zero-order valence-corrected chi connectivity index (χ0v) is 14.9. The summed E-state index contributed by atoms with van der Waals surface area (Å²) < 4.78 is 11.1. The average Bonchev–Trinajstić information content (AvgIpc) is 3.01. The fourth-order valence-corrected chi connectivity index (χ4v) is 2.52. The highest BCUT2D eigenvalue weighted by molar-refractivity contribution is 5.69. The van der Waals surface area contributed by atoms with Gasteiger partial charge in [-0.15, -0.1) is 0 Å². The second-order valence-corrected chi connectivity index (χ2v) is 6.15. The first-order chi connectivity index (χ1) is 12.0. The Hall–Kier alpha value is -2.89. The van der Waals surface area contributed by atoms with Crippen molar-refractivity contribution in [1.29, 1.82) is 0 Å². The lowest BCUT2D eigenvalue weighted by atomic mass is 10.1. The zero-order valence-electron chi connectivity index (χ0n) is 14.9. The molecule has 0 fully saturated rings. The summed E-state index contributed by atoms with van der Waals surface area (Å²) in [4.78, 5) is 8.72. The molecule has 1 aromatic carbocycles. The van der Waals surface area contributed by atoms with Gasteiger partial charge in [0.2, 0.25) is 0 Å². The highest BCUT2D eigenvalue weighted by Gasteiger charge is 2.15. The minimum atomic E-state index is 0.0355. The van der Waals surface area contributed by atoms with Crippen molar-refractivity contribution >= 4 is 5.82 Å².